The van der Waals surface area contributed by atoms with Gasteiger partial charge in [0.25, 0.3) is 0 Å². The van der Waals surface area contributed by atoms with E-state index in [1.807, 2.05) is 0 Å². The molecule has 2 aromatic carbocycles. The predicted octanol–water partition coefficient (Wildman–Crippen LogP) is 4.46. The van der Waals surface area contributed by atoms with Gasteiger partial charge >= 0.3 is 12.0 Å². The summed E-state index contributed by atoms with van der Waals surface area (Å²) in [5.41, 5.74) is 0.500. The first kappa shape index (κ1) is 30.9. The largest absolute Gasteiger partial charge is 0.497 e. The van der Waals surface area contributed by atoms with Crippen molar-refractivity contribution in [2.24, 2.45) is 5.92 Å². The van der Waals surface area contributed by atoms with E-state index in [1.54, 1.807) is 30.3 Å². The van der Waals surface area contributed by atoms with Gasteiger partial charge < -0.3 is 14.6 Å². The molecule has 1 aliphatic carbocycles. The summed E-state index contributed by atoms with van der Waals surface area (Å²) in [5.74, 6) is -5.54. The monoisotopic (exact) mass is 594 g/mol. The zero-order valence-corrected chi connectivity index (χ0v) is 23.8. The van der Waals surface area contributed by atoms with Crippen LogP contribution in [0.15, 0.2) is 59.5 Å². The van der Waals surface area contributed by atoms with Gasteiger partial charge in [-0.15, -0.1) is 0 Å². The SMILES string of the molecule is COc1ccc(S(=O)(=O)N(CC2CCCC2)CC(F)(F)C(=O)[C@@H](Cc2ccccc2)N(C(=O)O)[C@H]2CCOC2)cc1. The minimum atomic E-state index is -4.42. The van der Waals surface area contributed by atoms with E-state index in [-0.39, 0.29) is 43.4 Å². The molecule has 2 aromatic rings. The van der Waals surface area contributed by atoms with Crippen LogP contribution in [-0.2, 0) is 26.0 Å². The van der Waals surface area contributed by atoms with Crippen molar-refractivity contribution >= 4 is 21.9 Å². The molecule has 1 saturated carbocycles. The number of rotatable bonds is 13. The summed E-state index contributed by atoms with van der Waals surface area (Å²) < 4.78 is 70.5. The van der Waals surface area contributed by atoms with Gasteiger partial charge in [-0.1, -0.05) is 43.2 Å². The highest BCUT2D eigenvalue weighted by atomic mass is 32.2. The lowest BCUT2D eigenvalue weighted by molar-refractivity contribution is -0.150. The van der Waals surface area contributed by atoms with Gasteiger partial charge in [0.2, 0.25) is 15.8 Å². The highest BCUT2D eigenvalue weighted by Gasteiger charge is 2.50. The Morgan fingerprint density at radius 2 is 1.73 bits per heavy atom. The molecule has 2 aliphatic rings. The number of ketones is 1. The van der Waals surface area contributed by atoms with E-state index in [1.165, 1.54) is 31.4 Å². The van der Waals surface area contributed by atoms with Crippen molar-refractivity contribution in [1.29, 1.82) is 0 Å². The Kier molecular flexibility index (Phi) is 9.98. The molecule has 9 nitrogen and oxygen atoms in total. The highest BCUT2D eigenvalue weighted by molar-refractivity contribution is 7.89. The van der Waals surface area contributed by atoms with Crippen LogP contribution in [0.4, 0.5) is 13.6 Å². The number of nitrogens with zero attached hydrogens (tertiary/aromatic N) is 2. The summed E-state index contributed by atoms with van der Waals surface area (Å²) in [4.78, 5) is 26.6. The van der Waals surface area contributed by atoms with Crippen LogP contribution in [-0.4, -0.2) is 86.0 Å². The lowest BCUT2D eigenvalue weighted by Crippen LogP contribution is -2.58. The van der Waals surface area contributed by atoms with Gasteiger partial charge in [0, 0.05) is 19.6 Å². The molecule has 1 aliphatic heterocycles. The van der Waals surface area contributed by atoms with Crippen molar-refractivity contribution in [3.8, 4) is 5.75 Å². The second-order valence-corrected chi connectivity index (χ2v) is 12.5. The number of sulfonamides is 1. The Morgan fingerprint density at radius 3 is 2.29 bits per heavy atom. The number of Topliss-reactive ketones (excluding diaryl/α,β-unsaturated/α-hetero) is 1. The van der Waals surface area contributed by atoms with E-state index in [0.717, 1.165) is 17.7 Å². The van der Waals surface area contributed by atoms with E-state index >= 15 is 8.78 Å². The first-order chi connectivity index (χ1) is 19.5. The van der Waals surface area contributed by atoms with Gasteiger partial charge in [-0.3, -0.25) is 9.69 Å². The maximum absolute atomic E-state index is 16.0. The molecule has 0 bridgehead atoms. The number of hydrogen-bond donors (Lipinski definition) is 1. The molecule has 1 amide bonds. The average molecular weight is 595 g/mol. The normalized spacial score (nSPS) is 18.9. The third-order valence-corrected chi connectivity index (χ3v) is 9.63. The molecule has 0 radical (unpaired) electrons. The lowest BCUT2D eigenvalue weighted by Gasteiger charge is -2.36. The summed E-state index contributed by atoms with van der Waals surface area (Å²) >= 11 is 0. The second kappa shape index (κ2) is 13.3. The van der Waals surface area contributed by atoms with Gasteiger partial charge in [0.05, 0.1) is 31.2 Å². The first-order valence-electron chi connectivity index (χ1n) is 13.7. The van der Waals surface area contributed by atoms with Gasteiger partial charge in [0.1, 0.15) is 11.8 Å². The van der Waals surface area contributed by atoms with Gasteiger partial charge in [-0.25, -0.2) is 13.2 Å². The average Bonchev–Trinajstić information content (AvgIpc) is 3.67. The third kappa shape index (κ3) is 7.41. The van der Waals surface area contributed by atoms with E-state index in [2.05, 4.69) is 0 Å². The highest BCUT2D eigenvalue weighted by Crippen LogP contribution is 2.32. The number of ether oxygens (including phenoxy) is 2. The molecule has 4 rings (SSSR count). The van der Waals surface area contributed by atoms with Crippen LogP contribution in [0, 0.1) is 5.92 Å². The van der Waals surface area contributed by atoms with Crippen molar-refractivity contribution in [1.82, 2.24) is 9.21 Å². The van der Waals surface area contributed by atoms with Crippen molar-refractivity contribution in [2.75, 3.05) is 33.4 Å². The van der Waals surface area contributed by atoms with Crippen LogP contribution in [0.5, 0.6) is 5.75 Å². The zero-order chi connectivity index (χ0) is 29.6. The zero-order valence-electron chi connectivity index (χ0n) is 23.0. The van der Waals surface area contributed by atoms with Crippen LogP contribution >= 0.6 is 0 Å². The Labute approximate surface area is 239 Å². The summed E-state index contributed by atoms with van der Waals surface area (Å²) in [5, 5.41) is 10.0. The second-order valence-electron chi connectivity index (χ2n) is 10.6. The van der Waals surface area contributed by atoms with E-state index in [9.17, 15) is 23.1 Å². The summed E-state index contributed by atoms with van der Waals surface area (Å²) in [6.07, 6.45) is 1.58. The Bertz CT molecular complexity index is 1280. The molecular formula is C29H36F2N2O7S. The maximum Gasteiger partial charge on any atom is 0.408 e. The number of hydrogen-bond acceptors (Lipinski definition) is 6. The minimum absolute atomic E-state index is 0.0178. The molecule has 0 spiro atoms. The Morgan fingerprint density at radius 1 is 1.07 bits per heavy atom. The molecule has 2 fully saturated rings. The number of carboxylic acid groups (broad SMARTS) is 1. The van der Waals surface area contributed by atoms with Crippen molar-refractivity contribution in [3.05, 3.63) is 60.2 Å². The number of alkyl halides is 2. The predicted molar refractivity (Wildman–Crippen MR) is 147 cm³/mol. The number of halogens is 2. The van der Waals surface area contributed by atoms with E-state index < -0.39 is 46.5 Å². The Hall–Kier alpha value is -3.09. The van der Waals surface area contributed by atoms with Crippen LogP contribution in [0.2, 0.25) is 0 Å². The molecule has 224 valence electrons. The Balaban J connectivity index is 1.67. The molecule has 0 aromatic heterocycles. The van der Waals surface area contributed by atoms with Crippen molar-refractivity contribution in [2.45, 2.75) is 61.4 Å². The molecule has 2 atom stereocenters. The van der Waals surface area contributed by atoms with Crippen LogP contribution < -0.4 is 4.74 Å². The van der Waals surface area contributed by atoms with Crippen molar-refractivity contribution in [3.63, 3.8) is 0 Å². The summed E-state index contributed by atoms with van der Waals surface area (Å²) in [7, 11) is -3.00. The summed E-state index contributed by atoms with van der Waals surface area (Å²) in [6, 6.07) is 11.2. The molecule has 1 N–H and O–H groups in total. The first-order valence-corrected chi connectivity index (χ1v) is 15.2. The molecule has 41 heavy (non-hydrogen) atoms. The smallest absolute Gasteiger partial charge is 0.408 e. The fourth-order valence-electron chi connectivity index (χ4n) is 5.61. The van der Waals surface area contributed by atoms with Crippen molar-refractivity contribution < 1.29 is 41.4 Å². The topological polar surface area (TPSA) is 113 Å². The maximum atomic E-state index is 16.0. The fourth-order valence-corrected chi connectivity index (χ4v) is 7.13. The quantitative estimate of drug-likeness (QED) is 0.364. The molecule has 12 heteroatoms. The minimum Gasteiger partial charge on any atom is -0.497 e. The number of carbonyl (C=O) groups excluding carboxylic acids is 1. The number of methoxy groups -OCH3 is 1. The number of benzene rings is 2. The lowest BCUT2D eigenvalue weighted by atomic mass is 9.95. The fraction of sp³-hybridized carbons (Fsp3) is 0.517. The standard InChI is InChI=1S/C29H36F2N2O7S/c1-39-24-11-13-25(14-12-24)41(37,38)32(18-22-9-5-6-10-22)20-29(30,31)27(34)26(17-21-7-3-2-4-8-21)33(28(35)36)23-15-16-40-19-23/h2-4,7-8,11-14,22-23,26H,5-6,9-10,15-20H2,1H3,(H,35,36)/t23-,26+/m0/s1. The van der Waals surface area contributed by atoms with Crippen LogP contribution in [0.1, 0.15) is 37.7 Å². The molecule has 1 saturated heterocycles. The van der Waals surface area contributed by atoms with E-state index in [4.69, 9.17) is 9.47 Å². The van der Waals surface area contributed by atoms with Crippen LogP contribution in [0.3, 0.4) is 0 Å². The van der Waals surface area contributed by atoms with Gasteiger partial charge in [-0.05, 0) is 55.0 Å². The number of amides is 1. The summed E-state index contributed by atoms with van der Waals surface area (Å²) in [6.45, 7) is -1.33. The van der Waals surface area contributed by atoms with Gasteiger partial charge in [-0.2, -0.15) is 13.1 Å². The third-order valence-electron chi connectivity index (χ3n) is 7.80. The number of carbonyl (C=O) groups is 2. The van der Waals surface area contributed by atoms with E-state index in [0.29, 0.717) is 28.5 Å². The molecule has 1 heterocycles. The van der Waals surface area contributed by atoms with Crippen LogP contribution in [0.25, 0.3) is 0 Å². The van der Waals surface area contributed by atoms with Gasteiger partial charge in [0.15, 0.2) is 0 Å². The molecule has 0 unspecified atom stereocenters. The molecular weight excluding hydrogens is 558 g/mol.